The van der Waals surface area contributed by atoms with Gasteiger partial charge in [-0.05, 0) is 61.4 Å². The monoisotopic (exact) mass is 397 g/mol. The largest absolute Gasteiger partial charge is 0.484 e. The van der Waals surface area contributed by atoms with Crippen molar-refractivity contribution in [2.75, 3.05) is 0 Å². The van der Waals surface area contributed by atoms with Crippen molar-refractivity contribution in [3.05, 3.63) is 76.4 Å². The number of ether oxygens (including phenoxy) is 1. The highest BCUT2D eigenvalue weighted by Crippen LogP contribution is 2.34. The molecule has 2 N–H and O–H groups in total. The number of hydrogen-bond donors (Lipinski definition) is 1. The second-order valence-corrected chi connectivity index (χ2v) is 7.46. The van der Waals surface area contributed by atoms with Gasteiger partial charge in [-0.1, -0.05) is 29.6 Å². The summed E-state index contributed by atoms with van der Waals surface area (Å²) >= 11 is 5.86. The van der Waals surface area contributed by atoms with E-state index < -0.39 is 5.54 Å². The first-order chi connectivity index (χ1) is 13.5. The number of hydrogen-bond acceptors (Lipinski definition) is 6. The van der Waals surface area contributed by atoms with Gasteiger partial charge in [-0.2, -0.15) is 4.98 Å². The summed E-state index contributed by atoms with van der Waals surface area (Å²) in [5, 5.41) is 4.61. The minimum atomic E-state index is -0.481. The van der Waals surface area contributed by atoms with Crippen LogP contribution in [0.2, 0.25) is 5.02 Å². The van der Waals surface area contributed by atoms with Crippen molar-refractivity contribution in [3.63, 3.8) is 0 Å². The van der Waals surface area contributed by atoms with Crippen LogP contribution in [0.3, 0.4) is 0 Å². The number of nitrogens with two attached hydrogens (primary N) is 1. The van der Waals surface area contributed by atoms with E-state index in [4.69, 9.17) is 26.6 Å². The van der Waals surface area contributed by atoms with Crippen LogP contribution >= 0.6 is 11.6 Å². The SMILES string of the molecule is NC1(c2noc(COc3ccc(C(=O)c4ccc(Cl)cc4)cc3)n2)CCCC1. The fraction of sp³-hybridized carbons (Fsp3) is 0.286. The molecule has 1 fully saturated rings. The van der Waals surface area contributed by atoms with Gasteiger partial charge in [0.05, 0.1) is 5.54 Å². The van der Waals surface area contributed by atoms with Crippen LogP contribution in [0, 0.1) is 0 Å². The first-order valence-electron chi connectivity index (χ1n) is 9.19. The lowest BCUT2D eigenvalue weighted by Crippen LogP contribution is -2.34. The highest BCUT2D eigenvalue weighted by atomic mass is 35.5. The molecule has 1 aliphatic carbocycles. The van der Waals surface area contributed by atoms with Gasteiger partial charge in [0.1, 0.15) is 5.75 Å². The third kappa shape index (κ3) is 3.93. The minimum Gasteiger partial charge on any atom is -0.484 e. The summed E-state index contributed by atoms with van der Waals surface area (Å²) in [7, 11) is 0. The van der Waals surface area contributed by atoms with Crippen molar-refractivity contribution in [1.29, 1.82) is 0 Å². The molecular weight excluding hydrogens is 378 g/mol. The maximum Gasteiger partial charge on any atom is 0.264 e. The standard InChI is InChI=1S/C21H20ClN3O3/c22-16-7-3-14(4-8-16)19(26)15-5-9-17(10-6-15)27-13-18-24-20(25-28-18)21(23)11-1-2-12-21/h3-10H,1-2,11-13,23H2. The molecule has 0 bridgehead atoms. The van der Waals surface area contributed by atoms with Crippen LogP contribution in [0.1, 0.15) is 53.3 Å². The zero-order valence-electron chi connectivity index (χ0n) is 15.2. The van der Waals surface area contributed by atoms with Gasteiger partial charge in [0.15, 0.2) is 18.2 Å². The maximum absolute atomic E-state index is 12.5. The van der Waals surface area contributed by atoms with Gasteiger partial charge in [0.2, 0.25) is 0 Å². The first-order valence-corrected chi connectivity index (χ1v) is 9.56. The molecule has 4 rings (SSSR count). The van der Waals surface area contributed by atoms with Gasteiger partial charge >= 0.3 is 0 Å². The summed E-state index contributed by atoms with van der Waals surface area (Å²) in [4.78, 5) is 16.9. The molecule has 0 spiro atoms. The number of benzene rings is 2. The van der Waals surface area contributed by atoms with Crippen LogP contribution in [-0.4, -0.2) is 15.9 Å². The van der Waals surface area contributed by atoms with Crippen LogP contribution in [0.5, 0.6) is 5.75 Å². The molecule has 7 heteroatoms. The average Bonchev–Trinajstić information content (AvgIpc) is 3.37. The predicted molar refractivity (Wildman–Crippen MR) is 104 cm³/mol. The predicted octanol–water partition coefficient (Wildman–Crippen LogP) is 4.26. The van der Waals surface area contributed by atoms with E-state index in [1.807, 2.05) is 0 Å². The van der Waals surface area contributed by atoms with Crippen molar-refractivity contribution < 1.29 is 14.1 Å². The molecule has 0 radical (unpaired) electrons. The second-order valence-electron chi connectivity index (χ2n) is 7.02. The highest BCUT2D eigenvalue weighted by Gasteiger charge is 2.35. The number of aromatic nitrogens is 2. The van der Waals surface area contributed by atoms with Gasteiger partial charge in [-0.3, -0.25) is 4.79 Å². The van der Waals surface area contributed by atoms with E-state index >= 15 is 0 Å². The van der Waals surface area contributed by atoms with E-state index in [2.05, 4.69) is 10.1 Å². The molecule has 28 heavy (non-hydrogen) atoms. The van der Waals surface area contributed by atoms with Gasteiger partial charge in [-0.25, -0.2) is 0 Å². The van der Waals surface area contributed by atoms with Crippen LogP contribution in [0.15, 0.2) is 53.1 Å². The molecule has 144 valence electrons. The fourth-order valence-corrected chi connectivity index (χ4v) is 3.49. The molecule has 0 unspecified atom stereocenters. The molecule has 0 saturated heterocycles. The average molecular weight is 398 g/mol. The van der Waals surface area contributed by atoms with Gasteiger partial charge in [-0.15, -0.1) is 0 Å². The van der Waals surface area contributed by atoms with Crippen LogP contribution in [0.4, 0.5) is 0 Å². The van der Waals surface area contributed by atoms with Crippen molar-refractivity contribution in [2.45, 2.75) is 37.8 Å². The Hall–Kier alpha value is -2.70. The zero-order valence-corrected chi connectivity index (χ0v) is 16.0. The summed E-state index contributed by atoms with van der Waals surface area (Å²) in [6.45, 7) is 0.146. The molecule has 0 amide bonds. The maximum atomic E-state index is 12.5. The van der Waals surface area contributed by atoms with Gasteiger partial charge < -0.3 is 15.0 Å². The summed E-state index contributed by atoms with van der Waals surface area (Å²) in [5.41, 5.74) is 7.01. The first kappa shape index (κ1) is 18.7. The number of carbonyl (C=O) groups excluding carboxylic acids is 1. The highest BCUT2D eigenvalue weighted by molar-refractivity contribution is 6.30. The van der Waals surface area contributed by atoms with Gasteiger partial charge in [0, 0.05) is 16.1 Å². The molecular formula is C21H20ClN3O3. The smallest absolute Gasteiger partial charge is 0.264 e. The van der Waals surface area contributed by atoms with Gasteiger partial charge in [0.25, 0.3) is 5.89 Å². The van der Waals surface area contributed by atoms with Crippen LogP contribution in [-0.2, 0) is 12.1 Å². The molecule has 1 saturated carbocycles. The molecule has 6 nitrogen and oxygen atoms in total. The molecule has 1 heterocycles. The van der Waals surface area contributed by atoms with Crippen molar-refractivity contribution in [1.82, 2.24) is 10.1 Å². The van der Waals surface area contributed by atoms with Crippen molar-refractivity contribution in [2.24, 2.45) is 5.73 Å². The second kappa shape index (κ2) is 7.73. The topological polar surface area (TPSA) is 91.2 Å². The summed E-state index contributed by atoms with van der Waals surface area (Å²) < 4.78 is 11.0. The Labute approximate surface area is 167 Å². The Morgan fingerprint density at radius 1 is 1.07 bits per heavy atom. The van der Waals surface area contributed by atoms with E-state index in [-0.39, 0.29) is 12.4 Å². The minimum absolute atomic E-state index is 0.0745. The Morgan fingerprint density at radius 2 is 1.68 bits per heavy atom. The normalized spacial score (nSPS) is 15.5. The fourth-order valence-electron chi connectivity index (χ4n) is 3.36. The third-order valence-corrected chi connectivity index (χ3v) is 5.25. The Morgan fingerprint density at radius 3 is 2.32 bits per heavy atom. The lowest BCUT2D eigenvalue weighted by molar-refractivity contribution is 0.103. The van der Waals surface area contributed by atoms with Crippen LogP contribution in [0.25, 0.3) is 0 Å². The summed E-state index contributed by atoms with van der Waals surface area (Å²) in [6, 6.07) is 13.7. The third-order valence-electron chi connectivity index (χ3n) is 4.99. The number of rotatable bonds is 6. The number of halogens is 1. The van der Waals surface area contributed by atoms with E-state index in [0.717, 1.165) is 25.7 Å². The lowest BCUT2D eigenvalue weighted by Gasteiger charge is -2.17. The number of ketones is 1. The Balaban J connectivity index is 1.38. The van der Waals surface area contributed by atoms with Crippen molar-refractivity contribution >= 4 is 17.4 Å². The quantitative estimate of drug-likeness (QED) is 0.625. The van der Waals surface area contributed by atoms with E-state index in [1.165, 1.54) is 0 Å². The number of nitrogens with zero attached hydrogens (tertiary/aromatic N) is 2. The summed E-state index contributed by atoms with van der Waals surface area (Å²) in [6.07, 6.45) is 3.90. The lowest BCUT2D eigenvalue weighted by atomic mass is 9.99. The van der Waals surface area contributed by atoms with Crippen LogP contribution < -0.4 is 10.5 Å². The van der Waals surface area contributed by atoms with E-state index in [0.29, 0.717) is 33.6 Å². The van der Waals surface area contributed by atoms with E-state index in [1.54, 1.807) is 48.5 Å². The molecule has 0 aliphatic heterocycles. The Bertz CT molecular complexity index is 961. The summed E-state index contributed by atoms with van der Waals surface area (Å²) in [5.74, 6) is 1.46. The molecule has 2 aromatic carbocycles. The zero-order chi connectivity index (χ0) is 19.6. The van der Waals surface area contributed by atoms with E-state index in [9.17, 15) is 4.79 Å². The molecule has 1 aromatic heterocycles. The Kier molecular flexibility index (Phi) is 5.15. The van der Waals surface area contributed by atoms with Crippen molar-refractivity contribution in [3.8, 4) is 5.75 Å². The molecule has 3 aromatic rings. The number of carbonyl (C=O) groups is 1. The molecule has 0 atom stereocenters. The molecule has 1 aliphatic rings.